The summed E-state index contributed by atoms with van der Waals surface area (Å²) in [7, 11) is 0. The van der Waals surface area contributed by atoms with Crippen molar-refractivity contribution < 1.29 is 9.59 Å². The highest BCUT2D eigenvalue weighted by Crippen LogP contribution is 2.38. The molecule has 33 heavy (non-hydrogen) atoms. The molecule has 1 aromatic heterocycles. The Labute approximate surface area is 202 Å². The number of anilines is 2. The number of carbonyl (C=O) groups is 2. The third-order valence-electron chi connectivity index (χ3n) is 5.57. The maximum atomic E-state index is 12.9. The van der Waals surface area contributed by atoms with Crippen LogP contribution in [0, 0.1) is 18.3 Å². The maximum Gasteiger partial charge on any atom is 0.255 e. The van der Waals surface area contributed by atoms with Crippen molar-refractivity contribution in [3.05, 3.63) is 75.7 Å². The number of amides is 2. The largest absolute Gasteiger partial charge is 0.322 e. The SMILES string of the molecule is Cc1cccc(C(=O)Nc2cccc(SC(C)C(=O)Nc3sc4c(c3C#N)CCCC4)c2)c1. The summed E-state index contributed by atoms with van der Waals surface area (Å²) in [5, 5.41) is 15.8. The van der Waals surface area contributed by atoms with Gasteiger partial charge in [0.15, 0.2) is 0 Å². The Balaban J connectivity index is 1.41. The molecule has 2 aromatic carbocycles. The van der Waals surface area contributed by atoms with Crippen molar-refractivity contribution in [2.75, 3.05) is 10.6 Å². The normalized spacial score (nSPS) is 13.5. The number of thiophene rings is 1. The fourth-order valence-electron chi connectivity index (χ4n) is 3.88. The van der Waals surface area contributed by atoms with Crippen molar-refractivity contribution in [1.82, 2.24) is 0 Å². The average molecular weight is 476 g/mol. The minimum absolute atomic E-state index is 0.135. The lowest BCUT2D eigenvalue weighted by Crippen LogP contribution is -2.22. The van der Waals surface area contributed by atoms with Crippen molar-refractivity contribution in [1.29, 1.82) is 5.26 Å². The van der Waals surface area contributed by atoms with Crippen molar-refractivity contribution in [2.24, 2.45) is 0 Å². The molecular weight excluding hydrogens is 450 g/mol. The van der Waals surface area contributed by atoms with Gasteiger partial charge in [0.25, 0.3) is 5.91 Å². The van der Waals surface area contributed by atoms with E-state index in [1.54, 1.807) is 6.07 Å². The first-order valence-corrected chi connectivity index (χ1v) is 12.6. The molecule has 0 bridgehead atoms. The van der Waals surface area contributed by atoms with Crippen molar-refractivity contribution in [2.45, 2.75) is 49.7 Å². The molecule has 0 saturated carbocycles. The van der Waals surface area contributed by atoms with Crippen LogP contribution in [0.3, 0.4) is 0 Å². The summed E-state index contributed by atoms with van der Waals surface area (Å²) in [6, 6.07) is 17.2. The first-order valence-electron chi connectivity index (χ1n) is 10.9. The Morgan fingerprint density at radius 2 is 1.88 bits per heavy atom. The van der Waals surface area contributed by atoms with E-state index in [0.29, 0.717) is 21.8 Å². The van der Waals surface area contributed by atoms with Crippen LogP contribution in [0.2, 0.25) is 0 Å². The topological polar surface area (TPSA) is 82.0 Å². The quantitative estimate of drug-likeness (QED) is 0.417. The van der Waals surface area contributed by atoms with Crippen LogP contribution in [0.1, 0.15) is 51.7 Å². The minimum atomic E-state index is -0.363. The number of rotatable bonds is 6. The Morgan fingerprint density at radius 1 is 1.09 bits per heavy atom. The molecule has 1 atom stereocenters. The van der Waals surface area contributed by atoms with Crippen LogP contribution in [-0.2, 0) is 17.6 Å². The lowest BCUT2D eigenvalue weighted by atomic mass is 9.96. The van der Waals surface area contributed by atoms with Gasteiger partial charge < -0.3 is 10.6 Å². The molecule has 1 aliphatic carbocycles. The molecular formula is C26H25N3O2S2. The van der Waals surface area contributed by atoms with Gasteiger partial charge >= 0.3 is 0 Å². The van der Waals surface area contributed by atoms with Crippen molar-refractivity contribution >= 4 is 45.6 Å². The molecule has 0 radical (unpaired) electrons. The van der Waals surface area contributed by atoms with E-state index >= 15 is 0 Å². The monoisotopic (exact) mass is 475 g/mol. The standard InChI is InChI=1S/C26H25N3O2S2/c1-16-7-5-8-18(13-16)25(31)28-19-9-6-10-20(14-19)32-17(2)24(30)29-26-22(15-27)21-11-3-4-12-23(21)33-26/h5-10,13-14,17H,3-4,11-12H2,1-2H3,(H,28,31)(H,29,30). The lowest BCUT2D eigenvalue weighted by molar-refractivity contribution is -0.115. The second-order valence-electron chi connectivity index (χ2n) is 8.13. The van der Waals surface area contributed by atoms with Crippen LogP contribution in [0.4, 0.5) is 10.7 Å². The van der Waals surface area contributed by atoms with Gasteiger partial charge in [-0.3, -0.25) is 9.59 Å². The Bertz CT molecular complexity index is 1240. The molecule has 5 nitrogen and oxygen atoms in total. The zero-order chi connectivity index (χ0) is 23.4. The van der Waals surface area contributed by atoms with E-state index in [-0.39, 0.29) is 17.1 Å². The molecule has 7 heteroatoms. The van der Waals surface area contributed by atoms with Crippen LogP contribution in [0.25, 0.3) is 0 Å². The van der Waals surface area contributed by atoms with Gasteiger partial charge in [-0.25, -0.2) is 0 Å². The summed E-state index contributed by atoms with van der Waals surface area (Å²) in [6.07, 6.45) is 4.12. The van der Waals surface area contributed by atoms with Gasteiger partial charge in [-0.2, -0.15) is 5.26 Å². The molecule has 4 rings (SSSR count). The van der Waals surface area contributed by atoms with Gasteiger partial charge in [0, 0.05) is 21.0 Å². The number of nitrogens with one attached hydrogen (secondary N) is 2. The van der Waals surface area contributed by atoms with Crippen LogP contribution < -0.4 is 10.6 Å². The average Bonchev–Trinajstić information content (AvgIpc) is 3.16. The maximum absolute atomic E-state index is 12.9. The zero-order valence-corrected chi connectivity index (χ0v) is 20.2. The van der Waals surface area contributed by atoms with Crippen molar-refractivity contribution in [3.63, 3.8) is 0 Å². The molecule has 1 aliphatic rings. The van der Waals surface area contributed by atoms with Gasteiger partial charge in [-0.15, -0.1) is 23.1 Å². The van der Waals surface area contributed by atoms with Crippen LogP contribution in [0.15, 0.2) is 53.4 Å². The highest BCUT2D eigenvalue weighted by atomic mass is 32.2. The molecule has 1 heterocycles. The van der Waals surface area contributed by atoms with Crippen LogP contribution in [-0.4, -0.2) is 17.1 Å². The molecule has 2 amide bonds. The third-order valence-corrected chi connectivity index (χ3v) is 7.88. The van der Waals surface area contributed by atoms with Crippen LogP contribution in [0.5, 0.6) is 0 Å². The number of thioether (sulfide) groups is 1. The smallest absolute Gasteiger partial charge is 0.255 e. The summed E-state index contributed by atoms with van der Waals surface area (Å²) < 4.78 is 0. The highest BCUT2D eigenvalue weighted by molar-refractivity contribution is 8.00. The number of carbonyl (C=O) groups excluding carboxylic acids is 2. The first kappa shape index (κ1) is 23.1. The number of nitrogens with zero attached hydrogens (tertiary/aromatic N) is 1. The molecule has 0 spiro atoms. The molecule has 0 saturated heterocycles. The highest BCUT2D eigenvalue weighted by Gasteiger charge is 2.23. The fourth-order valence-corrected chi connectivity index (χ4v) is 6.05. The van der Waals surface area contributed by atoms with E-state index in [9.17, 15) is 14.9 Å². The lowest BCUT2D eigenvalue weighted by Gasteiger charge is -2.13. The number of fused-ring (bicyclic) bond motifs is 1. The number of aryl methyl sites for hydroxylation is 2. The number of nitriles is 1. The minimum Gasteiger partial charge on any atom is -0.322 e. The van der Waals surface area contributed by atoms with E-state index in [0.717, 1.165) is 41.7 Å². The molecule has 0 aliphatic heterocycles. The van der Waals surface area contributed by atoms with Gasteiger partial charge in [-0.1, -0.05) is 23.8 Å². The van der Waals surface area contributed by atoms with Gasteiger partial charge in [0.1, 0.15) is 11.1 Å². The Kier molecular flexibility index (Phi) is 7.17. The summed E-state index contributed by atoms with van der Waals surface area (Å²) in [6.45, 7) is 3.79. The second kappa shape index (κ2) is 10.2. The summed E-state index contributed by atoms with van der Waals surface area (Å²) in [5.41, 5.74) is 4.05. The van der Waals surface area contributed by atoms with E-state index in [2.05, 4.69) is 16.7 Å². The summed E-state index contributed by atoms with van der Waals surface area (Å²) in [5.74, 6) is -0.304. The fraction of sp³-hybridized carbons (Fsp3) is 0.269. The van der Waals surface area contributed by atoms with Gasteiger partial charge in [0.05, 0.1) is 10.8 Å². The van der Waals surface area contributed by atoms with E-state index < -0.39 is 0 Å². The number of hydrogen-bond donors (Lipinski definition) is 2. The molecule has 2 N–H and O–H groups in total. The molecule has 3 aromatic rings. The van der Waals surface area contributed by atoms with Crippen LogP contribution >= 0.6 is 23.1 Å². The number of hydrogen-bond acceptors (Lipinski definition) is 5. The van der Waals surface area contributed by atoms with E-state index in [1.165, 1.54) is 28.0 Å². The predicted molar refractivity (Wildman–Crippen MR) is 135 cm³/mol. The second-order valence-corrected chi connectivity index (χ2v) is 10.6. The van der Waals surface area contributed by atoms with Gasteiger partial charge in [-0.05, 0) is 75.4 Å². The number of benzene rings is 2. The molecule has 1 unspecified atom stereocenters. The predicted octanol–water partition coefficient (Wildman–Crippen LogP) is 6.18. The third kappa shape index (κ3) is 5.47. The van der Waals surface area contributed by atoms with Gasteiger partial charge in [0.2, 0.25) is 5.91 Å². The zero-order valence-electron chi connectivity index (χ0n) is 18.6. The molecule has 0 fully saturated rings. The van der Waals surface area contributed by atoms with Crippen molar-refractivity contribution in [3.8, 4) is 6.07 Å². The van der Waals surface area contributed by atoms with E-state index in [4.69, 9.17) is 0 Å². The van der Waals surface area contributed by atoms with E-state index in [1.807, 2.05) is 56.3 Å². The first-order chi connectivity index (χ1) is 15.9. The summed E-state index contributed by atoms with van der Waals surface area (Å²) in [4.78, 5) is 27.5. The molecule has 168 valence electrons. The Morgan fingerprint density at radius 3 is 2.67 bits per heavy atom. The summed E-state index contributed by atoms with van der Waals surface area (Å²) >= 11 is 2.95. The Hall–Kier alpha value is -3.08.